The molecule has 10 heteroatoms. The van der Waals surface area contributed by atoms with Crippen LogP contribution >= 0.6 is 23.4 Å². The highest BCUT2D eigenvalue weighted by molar-refractivity contribution is 7.99. The minimum absolute atomic E-state index is 0.0290. The number of carboxylic acids is 1. The molecule has 2 heterocycles. The monoisotopic (exact) mass is 461 g/mol. The Hall–Kier alpha value is -2.91. The van der Waals surface area contributed by atoms with Crippen LogP contribution in [0.2, 0.25) is 5.02 Å². The summed E-state index contributed by atoms with van der Waals surface area (Å²) >= 11 is 7.50. The smallest absolute Gasteiger partial charge is 0.316 e. The lowest BCUT2D eigenvalue weighted by Crippen LogP contribution is -2.27. The average Bonchev–Trinajstić information content (AvgIpc) is 3.07. The SMILES string of the molecule is O=C(O)CC1OC(=NN=C2c3cc(F)c(Cl)cc3SCC2Cc2ccccc2)NC1=O. The number of thioether (sulfide) groups is 1. The molecule has 2 atom stereocenters. The first-order chi connectivity index (χ1) is 14.9. The van der Waals surface area contributed by atoms with Gasteiger partial charge in [0.25, 0.3) is 5.91 Å². The molecule has 2 aliphatic heterocycles. The maximum atomic E-state index is 14.2. The standard InChI is InChI=1S/C21H17ClFN3O4S/c22-14-8-17-13(7-15(14)23)19(12(10-31-17)6-11-4-2-1-3-5-11)25-26-21-24-20(29)16(30-21)9-18(27)28/h1-5,7-8,12,16H,6,9-10H2,(H,27,28)(H,24,26,29). The van der Waals surface area contributed by atoms with Gasteiger partial charge in [-0.25, -0.2) is 4.39 Å². The molecule has 2 aromatic carbocycles. The number of hydrogen-bond donors (Lipinski definition) is 2. The fraction of sp³-hybridized carbons (Fsp3) is 0.238. The van der Waals surface area contributed by atoms with Crippen molar-refractivity contribution in [3.05, 3.63) is 64.4 Å². The van der Waals surface area contributed by atoms with E-state index in [1.807, 2.05) is 30.3 Å². The van der Waals surface area contributed by atoms with Gasteiger partial charge in [0.2, 0.25) is 0 Å². The van der Waals surface area contributed by atoms with Gasteiger partial charge in [-0.2, -0.15) is 0 Å². The number of nitrogens with zero attached hydrogens (tertiary/aromatic N) is 2. The van der Waals surface area contributed by atoms with Crippen LogP contribution in [-0.4, -0.2) is 40.6 Å². The highest BCUT2D eigenvalue weighted by Gasteiger charge is 2.33. The Morgan fingerprint density at radius 3 is 2.81 bits per heavy atom. The van der Waals surface area contributed by atoms with Crippen LogP contribution in [0.1, 0.15) is 17.5 Å². The number of fused-ring (bicyclic) bond motifs is 1. The Morgan fingerprint density at radius 2 is 2.06 bits per heavy atom. The molecule has 7 nitrogen and oxygen atoms in total. The number of rotatable bonds is 5. The highest BCUT2D eigenvalue weighted by atomic mass is 35.5. The van der Waals surface area contributed by atoms with Crippen molar-refractivity contribution < 1.29 is 23.8 Å². The van der Waals surface area contributed by atoms with Crippen LogP contribution in [0.4, 0.5) is 4.39 Å². The van der Waals surface area contributed by atoms with Crippen molar-refractivity contribution in [2.75, 3.05) is 5.75 Å². The predicted molar refractivity (Wildman–Crippen MR) is 115 cm³/mol. The van der Waals surface area contributed by atoms with E-state index in [-0.39, 0.29) is 17.0 Å². The molecular formula is C21H17ClFN3O4S. The molecule has 31 heavy (non-hydrogen) atoms. The number of carboxylic acid groups (broad SMARTS) is 1. The van der Waals surface area contributed by atoms with Gasteiger partial charge < -0.3 is 9.84 Å². The zero-order valence-electron chi connectivity index (χ0n) is 16.0. The van der Waals surface area contributed by atoms with Gasteiger partial charge in [-0.1, -0.05) is 47.0 Å². The molecule has 2 N–H and O–H groups in total. The molecular weight excluding hydrogens is 445 g/mol. The molecule has 2 aromatic rings. The van der Waals surface area contributed by atoms with Crippen molar-refractivity contribution in [2.24, 2.45) is 16.1 Å². The first-order valence-electron chi connectivity index (χ1n) is 9.41. The summed E-state index contributed by atoms with van der Waals surface area (Å²) in [5, 5.41) is 19.6. The summed E-state index contributed by atoms with van der Waals surface area (Å²) in [5.74, 6) is -1.71. The second-order valence-corrected chi connectivity index (χ2v) is 8.51. The number of ether oxygens (including phenoxy) is 1. The maximum Gasteiger partial charge on any atom is 0.316 e. The number of amides is 1. The lowest BCUT2D eigenvalue weighted by atomic mass is 9.91. The maximum absolute atomic E-state index is 14.2. The number of hydrogen-bond acceptors (Lipinski definition) is 6. The number of halogens is 2. The summed E-state index contributed by atoms with van der Waals surface area (Å²) in [6, 6.07) is 12.5. The molecule has 0 aliphatic carbocycles. The normalized spacial score (nSPS) is 22.8. The number of benzene rings is 2. The fourth-order valence-corrected chi connectivity index (χ4v) is 4.78. The molecule has 0 radical (unpaired) electrons. The van der Waals surface area contributed by atoms with Crippen LogP contribution in [0.25, 0.3) is 0 Å². The van der Waals surface area contributed by atoms with Gasteiger partial charge in [0, 0.05) is 22.1 Å². The van der Waals surface area contributed by atoms with E-state index in [1.165, 1.54) is 6.07 Å². The van der Waals surface area contributed by atoms with Crippen molar-refractivity contribution in [3.8, 4) is 0 Å². The van der Waals surface area contributed by atoms with Gasteiger partial charge >= 0.3 is 12.0 Å². The molecule has 4 rings (SSSR count). The summed E-state index contributed by atoms with van der Waals surface area (Å²) in [4.78, 5) is 23.5. The van der Waals surface area contributed by atoms with Crippen LogP contribution in [0.15, 0.2) is 57.6 Å². The topological polar surface area (TPSA) is 100 Å². The number of aliphatic carboxylic acids is 1. The lowest BCUT2D eigenvalue weighted by molar-refractivity contribution is -0.141. The molecule has 1 saturated heterocycles. The van der Waals surface area contributed by atoms with Crippen LogP contribution in [-0.2, 0) is 20.7 Å². The average molecular weight is 462 g/mol. The van der Waals surface area contributed by atoms with Gasteiger partial charge in [0.15, 0.2) is 6.10 Å². The Morgan fingerprint density at radius 1 is 1.29 bits per heavy atom. The lowest BCUT2D eigenvalue weighted by Gasteiger charge is -2.26. The predicted octanol–water partition coefficient (Wildman–Crippen LogP) is 3.49. The van der Waals surface area contributed by atoms with Crippen molar-refractivity contribution >= 4 is 47.0 Å². The van der Waals surface area contributed by atoms with Gasteiger partial charge in [-0.3, -0.25) is 14.9 Å². The minimum Gasteiger partial charge on any atom is -0.481 e. The van der Waals surface area contributed by atoms with E-state index in [2.05, 4.69) is 15.5 Å². The first kappa shape index (κ1) is 21.3. The molecule has 0 bridgehead atoms. The zero-order valence-corrected chi connectivity index (χ0v) is 17.6. The van der Waals surface area contributed by atoms with Crippen LogP contribution < -0.4 is 5.32 Å². The highest BCUT2D eigenvalue weighted by Crippen LogP contribution is 2.37. The Balaban J connectivity index is 1.67. The number of carbonyl (C=O) groups is 2. The van der Waals surface area contributed by atoms with Crippen molar-refractivity contribution in [1.82, 2.24) is 5.32 Å². The van der Waals surface area contributed by atoms with Gasteiger partial charge in [-0.15, -0.1) is 16.9 Å². The number of carbonyl (C=O) groups excluding carboxylic acids is 1. The van der Waals surface area contributed by atoms with Crippen molar-refractivity contribution in [1.29, 1.82) is 0 Å². The second kappa shape index (κ2) is 9.07. The molecule has 1 fully saturated rings. The summed E-state index contributed by atoms with van der Waals surface area (Å²) < 4.78 is 19.5. The number of amidine groups is 1. The molecule has 0 saturated carbocycles. The van der Waals surface area contributed by atoms with Crippen LogP contribution in [0, 0.1) is 11.7 Å². The van der Waals surface area contributed by atoms with Gasteiger partial charge in [-0.05, 0) is 24.1 Å². The zero-order chi connectivity index (χ0) is 22.0. The van der Waals surface area contributed by atoms with E-state index < -0.39 is 30.2 Å². The molecule has 160 valence electrons. The van der Waals surface area contributed by atoms with E-state index in [0.717, 1.165) is 10.5 Å². The van der Waals surface area contributed by atoms with E-state index in [9.17, 15) is 14.0 Å². The molecule has 2 aliphatic rings. The summed E-state index contributed by atoms with van der Waals surface area (Å²) in [7, 11) is 0. The second-order valence-electron chi connectivity index (χ2n) is 7.04. The van der Waals surface area contributed by atoms with Crippen LogP contribution in [0.3, 0.4) is 0 Å². The van der Waals surface area contributed by atoms with E-state index >= 15 is 0 Å². The fourth-order valence-electron chi connectivity index (χ4n) is 3.37. The number of nitrogens with one attached hydrogen (secondary N) is 1. The third-order valence-electron chi connectivity index (χ3n) is 4.84. The van der Waals surface area contributed by atoms with Gasteiger partial charge in [0.05, 0.1) is 17.2 Å². The minimum atomic E-state index is -1.17. The molecule has 0 aromatic heterocycles. The summed E-state index contributed by atoms with van der Waals surface area (Å²) in [5.41, 5.74) is 2.22. The van der Waals surface area contributed by atoms with Gasteiger partial charge in [0.1, 0.15) is 5.82 Å². The molecule has 2 unspecified atom stereocenters. The Bertz CT molecular complexity index is 1090. The molecule has 1 amide bonds. The van der Waals surface area contributed by atoms with Crippen LogP contribution in [0.5, 0.6) is 0 Å². The molecule has 0 spiro atoms. The third-order valence-corrected chi connectivity index (χ3v) is 6.34. The Labute approximate surface area is 186 Å². The van der Waals surface area contributed by atoms with Crippen molar-refractivity contribution in [2.45, 2.75) is 23.8 Å². The van der Waals surface area contributed by atoms with E-state index in [4.69, 9.17) is 21.4 Å². The summed E-state index contributed by atoms with van der Waals surface area (Å²) in [6.45, 7) is 0. The van der Waals surface area contributed by atoms with E-state index in [0.29, 0.717) is 23.4 Å². The first-order valence-corrected chi connectivity index (χ1v) is 10.8. The summed E-state index contributed by atoms with van der Waals surface area (Å²) in [6.07, 6.45) is -0.987. The largest absolute Gasteiger partial charge is 0.481 e. The Kier molecular flexibility index (Phi) is 6.24. The van der Waals surface area contributed by atoms with E-state index in [1.54, 1.807) is 17.8 Å². The third kappa shape index (κ3) is 4.88. The van der Waals surface area contributed by atoms with Crippen molar-refractivity contribution in [3.63, 3.8) is 0 Å². The quantitative estimate of drug-likeness (QED) is 0.664.